The van der Waals surface area contributed by atoms with Crippen LogP contribution in [-0.2, 0) is 23.7 Å². The molecule has 0 heteroatoms. The Bertz CT molecular complexity index is 1580. The summed E-state index contributed by atoms with van der Waals surface area (Å²) in [5.74, 6) is 0. The van der Waals surface area contributed by atoms with Gasteiger partial charge in [0.1, 0.15) is 0 Å². The maximum absolute atomic E-state index is 2.55. The second kappa shape index (κ2) is 10.8. The van der Waals surface area contributed by atoms with Gasteiger partial charge in [0.05, 0.1) is 0 Å². The molecule has 0 saturated carbocycles. The zero-order valence-electron chi connectivity index (χ0n) is 27.6. The Morgan fingerprint density at radius 1 is 0.512 bits per heavy atom. The summed E-state index contributed by atoms with van der Waals surface area (Å²) in [5, 5.41) is 0. The zero-order valence-corrected chi connectivity index (χ0v) is 27.6. The molecule has 0 amide bonds. The van der Waals surface area contributed by atoms with Crippen LogP contribution in [0.5, 0.6) is 0 Å². The molecule has 4 aromatic rings. The fourth-order valence-corrected chi connectivity index (χ4v) is 7.28. The molecular formula is C43H48. The highest BCUT2D eigenvalue weighted by atomic mass is 14.4. The van der Waals surface area contributed by atoms with E-state index in [1.54, 1.807) is 11.1 Å². The third-order valence-corrected chi connectivity index (χ3v) is 10.1. The van der Waals surface area contributed by atoms with Crippen LogP contribution in [0.2, 0.25) is 0 Å². The van der Waals surface area contributed by atoms with Crippen LogP contribution < -0.4 is 0 Å². The van der Waals surface area contributed by atoms with Gasteiger partial charge < -0.3 is 0 Å². The van der Waals surface area contributed by atoms with Crippen LogP contribution in [0.25, 0.3) is 34.4 Å². The molecule has 2 aliphatic rings. The number of hydrogen-bond donors (Lipinski definition) is 0. The lowest BCUT2D eigenvalue weighted by Crippen LogP contribution is -2.22. The van der Waals surface area contributed by atoms with Gasteiger partial charge in [0.25, 0.3) is 0 Å². The normalized spacial score (nSPS) is 14.8. The molecular weight excluding hydrogens is 516 g/mol. The topological polar surface area (TPSA) is 0 Å². The summed E-state index contributed by atoms with van der Waals surface area (Å²) in [5.41, 5.74) is 17.4. The second-order valence-electron chi connectivity index (χ2n) is 15.2. The van der Waals surface area contributed by atoms with Crippen molar-refractivity contribution in [3.63, 3.8) is 0 Å². The number of hydrogen-bond acceptors (Lipinski definition) is 0. The first-order chi connectivity index (χ1) is 20.4. The average Bonchev–Trinajstić information content (AvgIpc) is 3.62. The predicted molar refractivity (Wildman–Crippen MR) is 188 cm³/mol. The smallest absolute Gasteiger partial charge is 0.0105 e. The number of benzene rings is 4. The lowest BCUT2D eigenvalue weighted by atomic mass is 9.71. The SMILES string of the molecule is CCCC(C)(C1=Cc2c(cccc2-c2ccc(C(C)(C)C)cc2)C1)C1=Cc2c(cccc2-c2ccc(C(C)(C)C)cc2)C1. The predicted octanol–water partition coefficient (Wildman–Crippen LogP) is 12.0. The van der Waals surface area contributed by atoms with E-state index >= 15 is 0 Å². The van der Waals surface area contributed by atoms with E-state index < -0.39 is 0 Å². The van der Waals surface area contributed by atoms with Crippen LogP contribution >= 0.6 is 0 Å². The molecule has 0 saturated heterocycles. The third kappa shape index (κ3) is 5.46. The zero-order chi connectivity index (χ0) is 30.6. The van der Waals surface area contributed by atoms with Crippen molar-refractivity contribution in [1.82, 2.24) is 0 Å². The molecule has 0 aliphatic heterocycles. The lowest BCUT2D eigenvalue weighted by Gasteiger charge is -2.33. The van der Waals surface area contributed by atoms with E-state index in [1.807, 2.05) is 0 Å². The minimum Gasteiger partial charge on any atom is -0.0653 e. The Labute approximate surface area is 260 Å². The summed E-state index contributed by atoms with van der Waals surface area (Å²) < 4.78 is 0. The molecule has 2 aliphatic carbocycles. The second-order valence-corrected chi connectivity index (χ2v) is 15.2. The van der Waals surface area contributed by atoms with E-state index in [-0.39, 0.29) is 16.2 Å². The van der Waals surface area contributed by atoms with E-state index in [4.69, 9.17) is 0 Å². The Kier molecular flexibility index (Phi) is 7.40. The van der Waals surface area contributed by atoms with Crippen LogP contribution in [0, 0.1) is 5.41 Å². The maximum Gasteiger partial charge on any atom is 0.0105 e. The van der Waals surface area contributed by atoms with Crippen LogP contribution in [-0.4, -0.2) is 0 Å². The van der Waals surface area contributed by atoms with Gasteiger partial charge in [0.2, 0.25) is 0 Å². The van der Waals surface area contributed by atoms with Crippen molar-refractivity contribution in [2.24, 2.45) is 5.41 Å². The van der Waals surface area contributed by atoms with Crippen molar-refractivity contribution < 1.29 is 0 Å². The van der Waals surface area contributed by atoms with Crippen LogP contribution in [0.4, 0.5) is 0 Å². The summed E-state index contributed by atoms with van der Waals surface area (Å²) >= 11 is 0. The first-order valence-corrected chi connectivity index (χ1v) is 16.3. The van der Waals surface area contributed by atoms with Crippen molar-refractivity contribution in [2.75, 3.05) is 0 Å². The summed E-state index contributed by atoms with van der Waals surface area (Å²) in [4.78, 5) is 0. The highest BCUT2D eigenvalue weighted by Crippen LogP contribution is 2.51. The average molecular weight is 565 g/mol. The molecule has 6 rings (SSSR count). The fourth-order valence-electron chi connectivity index (χ4n) is 7.28. The maximum atomic E-state index is 2.55. The minimum absolute atomic E-state index is 0.0352. The summed E-state index contributed by atoms with van der Waals surface area (Å²) in [6.45, 7) is 18.6. The number of fused-ring (bicyclic) bond motifs is 2. The van der Waals surface area contributed by atoms with Crippen molar-refractivity contribution >= 4 is 12.2 Å². The summed E-state index contributed by atoms with van der Waals surface area (Å²) in [6, 6.07) is 32.3. The van der Waals surface area contributed by atoms with Crippen LogP contribution in [0.3, 0.4) is 0 Å². The Morgan fingerprint density at radius 3 is 1.26 bits per heavy atom. The molecule has 0 nitrogen and oxygen atoms in total. The lowest BCUT2D eigenvalue weighted by molar-refractivity contribution is 0.424. The molecule has 0 heterocycles. The van der Waals surface area contributed by atoms with Crippen LogP contribution in [0.1, 0.15) is 102 Å². The molecule has 220 valence electrons. The quantitative estimate of drug-likeness (QED) is 0.218. The van der Waals surface area contributed by atoms with Gasteiger partial charge in [-0.25, -0.2) is 0 Å². The van der Waals surface area contributed by atoms with Gasteiger partial charge in [0.15, 0.2) is 0 Å². The molecule has 0 fully saturated rings. The minimum atomic E-state index is 0.0352. The van der Waals surface area contributed by atoms with Crippen molar-refractivity contribution in [2.45, 2.75) is 91.9 Å². The summed E-state index contributed by atoms with van der Waals surface area (Å²) in [6.07, 6.45) is 9.50. The van der Waals surface area contributed by atoms with E-state index in [2.05, 4.69) is 152 Å². The molecule has 0 atom stereocenters. The molecule has 0 bridgehead atoms. The molecule has 0 radical (unpaired) electrons. The van der Waals surface area contributed by atoms with Crippen molar-refractivity contribution in [3.8, 4) is 22.3 Å². The monoisotopic (exact) mass is 564 g/mol. The van der Waals surface area contributed by atoms with Crippen LogP contribution in [0.15, 0.2) is 96.1 Å². The Morgan fingerprint density at radius 2 is 0.907 bits per heavy atom. The van der Waals surface area contributed by atoms with E-state index in [0.29, 0.717) is 0 Å². The molecule has 0 unspecified atom stereocenters. The molecule has 43 heavy (non-hydrogen) atoms. The van der Waals surface area contributed by atoms with Crippen molar-refractivity contribution in [1.29, 1.82) is 0 Å². The first-order valence-electron chi connectivity index (χ1n) is 16.3. The molecule has 0 aromatic heterocycles. The third-order valence-electron chi connectivity index (χ3n) is 10.1. The van der Waals surface area contributed by atoms with Gasteiger partial charge in [-0.1, -0.05) is 170 Å². The van der Waals surface area contributed by atoms with Gasteiger partial charge in [0, 0.05) is 5.41 Å². The van der Waals surface area contributed by atoms with E-state index in [9.17, 15) is 0 Å². The van der Waals surface area contributed by atoms with E-state index in [0.717, 1.165) is 19.3 Å². The summed E-state index contributed by atoms with van der Waals surface area (Å²) in [7, 11) is 0. The molecule has 0 spiro atoms. The number of allylic oxidation sites excluding steroid dienone is 2. The Balaban J connectivity index is 1.36. The van der Waals surface area contributed by atoms with Gasteiger partial charge in [-0.15, -0.1) is 0 Å². The Hall–Kier alpha value is -3.64. The first kappa shape index (κ1) is 29.4. The number of rotatable bonds is 6. The molecule has 4 aromatic carbocycles. The van der Waals surface area contributed by atoms with E-state index in [1.165, 1.54) is 62.1 Å². The molecule has 0 N–H and O–H groups in total. The largest absolute Gasteiger partial charge is 0.0653 e. The van der Waals surface area contributed by atoms with Gasteiger partial charge in [-0.3, -0.25) is 0 Å². The van der Waals surface area contributed by atoms with Gasteiger partial charge in [-0.05, 0) is 85.7 Å². The fraction of sp³-hybridized carbons (Fsp3) is 0.349. The highest BCUT2D eigenvalue weighted by Gasteiger charge is 2.37. The standard InChI is InChI=1S/C43H48/c1-9-24-43(8,35-25-31-12-10-14-37(39(31)27-35)29-16-20-33(21-17-29)41(2,3)4)36-26-32-13-11-15-38(40(32)28-36)30-18-22-34(23-19-30)42(5,6)7/h10-23,27-28H,9,24-26H2,1-8H3. The van der Waals surface area contributed by atoms with Crippen molar-refractivity contribution in [3.05, 3.63) is 129 Å². The van der Waals surface area contributed by atoms with Gasteiger partial charge in [-0.2, -0.15) is 0 Å². The highest BCUT2D eigenvalue weighted by molar-refractivity contribution is 5.84. The van der Waals surface area contributed by atoms with Gasteiger partial charge >= 0.3 is 0 Å².